The molecule has 0 bridgehead atoms. The molecule has 2 atom stereocenters. The molecule has 3 heteroatoms. The Morgan fingerprint density at radius 1 is 0.594 bits per heavy atom. The van der Waals surface area contributed by atoms with E-state index < -0.39 is 5.79 Å². The summed E-state index contributed by atoms with van der Waals surface area (Å²) in [4.78, 5) is 0. The van der Waals surface area contributed by atoms with Crippen molar-refractivity contribution in [1.29, 1.82) is 0 Å². The Bertz CT molecular complexity index is 432. The first-order chi connectivity index (χ1) is 15.6. The minimum Gasteiger partial charge on any atom is -0.394 e. The summed E-state index contributed by atoms with van der Waals surface area (Å²) in [6.45, 7) is 6.15. The highest BCUT2D eigenvalue weighted by Crippen LogP contribution is 2.29. The summed E-state index contributed by atoms with van der Waals surface area (Å²) in [7, 11) is 0. The first kappa shape index (κ1) is 29.7. The molecule has 0 spiro atoms. The second-order valence-electron chi connectivity index (χ2n) is 10.4. The molecule has 3 nitrogen and oxygen atoms in total. The Balaban J connectivity index is 1.77. The van der Waals surface area contributed by atoms with Crippen molar-refractivity contribution in [3.05, 3.63) is 12.2 Å². The summed E-state index contributed by atoms with van der Waals surface area (Å²) in [5, 5.41) is 9.41. The molecule has 1 aliphatic heterocycles. The first-order valence-corrected chi connectivity index (χ1v) is 14.2. The molecule has 190 valence electrons. The van der Waals surface area contributed by atoms with Gasteiger partial charge >= 0.3 is 0 Å². The lowest BCUT2D eigenvalue weighted by Gasteiger charge is -2.16. The van der Waals surface area contributed by atoms with Crippen LogP contribution in [0.4, 0.5) is 0 Å². The number of unbranched alkanes of at least 4 members (excludes halogenated alkanes) is 18. The highest BCUT2D eigenvalue weighted by molar-refractivity contribution is 4.90. The second-order valence-corrected chi connectivity index (χ2v) is 10.4. The van der Waals surface area contributed by atoms with Crippen molar-refractivity contribution in [2.45, 2.75) is 167 Å². The molecule has 0 aliphatic carbocycles. The van der Waals surface area contributed by atoms with Crippen LogP contribution in [0.25, 0.3) is 0 Å². The van der Waals surface area contributed by atoms with Gasteiger partial charge in [-0.15, -0.1) is 0 Å². The highest BCUT2D eigenvalue weighted by Gasteiger charge is 2.39. The maximum Gasteiger partial charge on any atom is 0.163 e. The SMILES string of the molecule is CCCCCCCCCCCCCCCCCCCCC=CC[C@H]1OC(C)(C)O[C@H]1CO. The van der Waals surface area contributed by atoms with Crippen LogP contribution in [0.5, 0.6) is 0 Å². The van der Waals surface area contributed by atoms with E-state index in [1.807, 2.05) is 13.8 Å². The number of ether oxygens (including phenoxy) is 2. The molecule has 1 saturated heterocycles. The lowest BCUT2D eigenvalue weighted by atomic mass is 10.0. The van der Waals surface area contributed by atoms with E-state index in [0.717, 1.165) is 12.8 Å². The monoisotopic (exact) mass is 452 g/mol. The number of aliphatic hydroxyl groups is 1. The second kappa shape index (κ2) is 20.0. The summed E-state index contributed by atoms with van der Waals surface area (Å²) in [6, 6.07) is 0. The predicted octanol–water partition coefficient (Wildman–Crippen LogP) is 8.88. The summed E-state index contributed by atoms with van der Waals surface area (Å²) in [5.41, 5.74) is 0. The van der Waals surface area contributed by atoms with Crippen LogP contribution in [0.2, 0.25) is 0 Å². The average Bonchev–Trinajstić information content (AvgIpc) is 3.08. The fraction of sp³-hybridized carbons (Fsp3) is 0.931. The van der Waals surface area contributed by atoms with E-state index in [4.69, 9.17) is 9.47 Å². The topological polar surface area (TPSA) is 38.7 Å². The van der Waals surface area contributed by atoms with Crippen LogP contribution in [0, 0.1) is 0 Å². The molecule has 0 amide bonds. The van der Waals surface area contributed by atoms with Gasteiger partial charge in [-0.2, -0.15) is 0 Å². The molecule has 0 aromatic heterocycles. The largest absolute Gasteiger partial charge is 0.394 e. The van der Waals surface area contributed by atoms with Crippen molar-refractivity contribution in [1.82, 2.24) is 0 Å². The van der Waals surface area contributed by atoms with Gasteiger partial charge in [-0.25, -0.2) is 0 Å². The van der Waals surface area contributed by atoms with Gasteiger partial charge in [-0.1, -0.05) is 128 Å². The Morgan fingerprint density at radius 2 is 1.00 bits per heavy atom. The van der Waals surface area contributed by atoms with E-state index in [1.54, 1.807) is 0 Å². The molecular formula is C29H56O3. The van der Waals surface area contributed by atoms with E-state index >= 15 is 0 Å². The summed E-state index contributed by atoms with van der Waals surface area (Å²) in [6.07, 6.45) is 31.9. The van der Waals surface area contributed by atoms with Crippen molar-refractivity contribution in [2.24, 2.45) is 0 Å². The number of rotatable bonds is 22. The van der Waals surface area contributed by atoms with Gasteiger partial charge in [0.2, 0.25) is 0 Å². The molecule has 32 heavy (non-hydrogen) atoms. The molecule has 0 unspecified atom stereocenters. The first-order valence-electron chi connectivity index (χ1n) is 14.2. The van der Waals surface area contributed by atoms with Gasteiger partial charge < -0.3 is 14.6 Å². The third-order valence-corrected chi connectivity index (χ3v) is 6.72. The molecule has 1 rings (SSSR count). The summed E-state index contributed by atoms with van der Waals surface area (Å²) >= 11 is 0. The normalized spacial score (nSPS) is 20.5. The van der Waals surface area contributed by atoms with Crippen LogP contribution in [0.1, 0.15) is 149 Å². The molecule has 1 N–H and O–H groups in total. The highest BCUT2D eigenvalue weighted by atomic mass is 16.8. The Hall–Kier alpha value is -0.380. The van der Waals surface area contributed by atoms with Gasteiger partial charge in [0.05, 0.1) is 12.7 Å². The van der Waals surface area contributed by atoms with Gasteiger partial charge in [0.15, 0.2) is 5.79 Å². The molecule has 1 aliphatic rings. The Kier molecular flexibility index (Phi) is 18.6. The molecule has 0 saturated carbocycles. The van der Waals surface area contributed by atoms with Crippen LogP contribution in [-0.2, 0) is 9.47 Å². The number of hydrogen-bond donors (Lipinski definition) is 1. The van der Waals surface area contributed by atoms with Crippen molar-refractivity contribution < 1.29 is 14.6 Å². The van der Waals surface area contributed by atoms with E-state index in [9.17, 15) is 5.11 Å². The van der Waals surface area contributed by atoms with Gasteiger partial charge in [0.1, 0.15) is 6.10 Å². The van der Waals surface area contributed by atoms with Crippen LogP contribution in [-0.4, -0.2) is 29.7 Å². The molecular weight excluding hydrogens is 396 g/mol. The van der Waals surface area contributed by atoms with E-state index in [0.29, 0.717) is 0 Å². The molecule has 1 heterocycles. The minimum absolute atomic E-state index is 0.0217. The van der Waals surface area contributed by atoms with Crippen molar-refractivity contribution in [3.63, 3.8) is 0 Å². The number of aliphatic hydroxyl groups excluding tert-OH is 1. The lowest BCUT2D eigenvalue weighted by Crippen LogP contribution is -2.25. The maximum atomic E-state index is 9.41. The standard InChI is InChI=1S/C29H56O3/c1-4-5-6-7-8-9-10-11-12-13-14-15-16-17-18-19-20-21-22-23-24-25-27-28(26-30)32-29(2,3)31-27/h23-24,27-28,30H,4-22,25-26H2,1-3H3/t27-,28+/m1/s1. The van der Waals surface area contributed by atoms with Gasteiger partial charge in [0, 0.05) is 0 Å². The zero-order chi connectivity index (χ0) is 23.3. The van der Waals surface area contributed by atoms with E-state index in [1.165, 1.54) is 116 Å². The third kappa shape index (κ3) is 16.3. The van der Waals surface area contributed by atoms with Gasteiger partial charge in [0.25, 0.3) is 0 Å². The summed E-state index contributed by atoms with van der Waals surface area (Å²) < 4.78 is 11.6. The van der Waals surface area contributed by atoms with Crippen LogP contribution in [0.15, 0.2) is 12.2 Å². The van der Waals surface area contributed by atoms with Crippen LogP contribution < -0.4 is 0 Å². The van der Waals surface area contributed by atoms with Gasteiger partial charge in [-0.3, -0.25) is 0 Å². The van der Waals surface area contributed by atoms with Gasteiger partial charge in [-0.05, 0) is 33.1 Å². The average molecular weight is 453 g/mol. The molecule has 0 aromatic rings. The van der Waals surface area contributed by atoms with E-state index in [2.05, 4.69) is 19.1 Å². The zero-order valence-electron chi connectivity index (χ0n) is 21.9. The zero-order valence-corrected chi connectivity index (χ0v) is 21.9. The number of hydrogen-bond acceptors (Lipinski definition) is 3. The Labute approximate surface area is 200 Å². The Morgan fingerprint density at radius 3 is 1.44 bits per heavy atom. The van der Waals surface area contributed by atoms with E-state index in [-0.39, 0.29) is 18.8 Å². The predicted molar refractivity (Wildman–Crippen MR) is 138 cm³/mol. The lowest BCUT2D eigenvalue weighted by molar-refractivity contribution is -0.148. The van der Waals surface area contributed by atoms with Crippen molar-refractivity contribution >= 4 is 0 Å². The fourth-order valence-corrected chi connectivity index (χ4v) is 4.78. The van der Waals surface area contributed by atoms with Crippen LogP contribution in [0.3, 0.4) is 0 Å². The van der Waals surface area contributed by atoms with Crippen molar-refractivity contribution in [2.75, 3.05) is 6.61 Å². The molecule has 0 radical (unpaired) electrons. The van der Waals surface area contributed by atoms with Crippen LogP contribution >= 0.6 is 0 Å². The minimum atomic E-state index is -0.570. The molecule has 0 aromatic carbocycles. The van der Waals surface area contributed by atoms with Crippen molar-refractivity contribution in [3.8, 4) is 0 Å². The number of allylic oxidation sites excluding steroid dienone is 1. The fourth-order valence-electron chi connectivity index (χ4n) is 4.78. The summed E-state index contributed by atoms with van der Waals surface area (Å²) in [5.74, 6) is -0.570. The molecule has 1 fully saturated rings. The quantitative estimate of drug-likeness (QED) is 0.132. The smallest absolute Gasteiger partial charge is 0.163 e. The maximum absolute atomic E-state index is 9.41. The third-order valence-electron chi connectivity index (χ3n) is 6.72.